The zero-order valence-electron chi connectivity index (χ0n) is 12.6. The van der Waals surface area contributed by atoms with E-state index < -0.39 is 0 Å². The minimum Gasteiger partial charge on any atom is -0.497 e. The summed E-state index contributed by atoms with van der Waals surface area (Å²) in [5, 5.41) is 6.94. The van der Waals surface area contributed by atoms with Crippen molar-refractivity contribution in [2.75, 3.05) is 31.8 Å². The Morgan fingerprint density at radius 3 is 2.68 bits per heavy atom. The highest BCUT2D eigenvalue weighted by molar-refractivity contribution is 5.91. The van der Waals surface area contributed by atoms with Crippen LogP contribution >= 0.6 is 0 Å². The second-order valence-corrected chi connectivity index (χ2v) is 4.46. The zero-order chi connectivity index (χ0) is 15.8. The maximum absolute atomic E-state index is 5.83. The van der Waals surface area contributed by atoms with Crippen LogP contribution in [0.1, 0.15) is 11.1 Å². The van der Waals surface area contributed by atoms with Crippen LogP contribution in [0.2, 0.25) is 0 Å². The van der Waals surface area contributed by atoms with E-state index in [9.17, 15) is 0 Å². The molecule has 22 heavy (non-hydrogen) atoms. The van der Waals surface area contributed by atoms with Crippen LogP contribution in [0.3, 0.4) is 0 Å². The predicted molar refractivity (Wildman–Crippen MR) is 86.2 cm³/mol. The van der Waals surface area contributed by atoms with E-state index in [2.05, 4.69) is 25.3 Å². The van der Waals surface area contributed by atoms with Gasteiger partial charge in [0.25, 0.3) is 0 Å². The Morgan fingerprint density at radius 1 is 1.23 bits per heavy atom. The largest absolute Gasteiger partial charge is 0.497 e. The minimum atomic E-state index is 0.350. The summed E-state index contributed by atoms with van der Waals surface area (Å²) >= 11 is 0. The molecule has 0 aliphatic rings. The first kappa shape index (κ1) is 15.6. The molecule has 0 fully saturated rings. The summed E-state index contributed by atoms with van der Waals surface area (Å²) in [6.07, 6.45) is 3.75. The van der Waals surface area contributed by atoms with Crippen LogP contribution in [-0.2, 0) is 11.3 Å². The molecule has 116 valence electrons. The standard InChI is InChI=1S/C15H19N5O2/c1-21-12-5-3-11(4-6-12)7-8-17-15-13(9-20-22-2)14(16)18-10-19-15/h3-6,9-10H,7-8H2,1-2H3,(H3,16,17,18,19). The minimum absolute atomic E-state index is 0.350. The number of nitrogens with two attached hydrogens (primary N) is 1. The van der Waals surface area contributed by atoms with Crippen molar-refractivity contribution in [2.45, 2.75) is 6.42 Å². The molecular formula is C15H19N5O2. The van der Waals surface area contributed by atoms with E-state index in [1.54, 1.807) is 7.11 Å². The maximum Gasteiger partial charge on any atom is 0.140 e. The molecule has 0 radical (unpaired) electrons. The van der Waals surface area contributed by atoms with E-state index >= 15 is 0 Å². The highest BCUT2D eigenvalue weighted by Gasteiger charge is 2.07. The van der Waals surface area contributed by atoms with Gasteiger partial charge in [0.1, 0.15) is 30.8 Å². The first-order chi connectivity index (χ1) is 10.7. The molecule has 0 amide bonds. The van der Waals surface area contributed by atoms with Crippen molar-refractivity contribution in [1.82, 2.24) is 9.97 Å². The number of hydrogen-bond donors (Lipinski definition) is 2. The fourth-order valence-electron chi connectivity index (χ4n) is 1.90. The molecular weight excluding hydrogens is 282 g/mol. The van der Waals surface area contributed by atoms with Gasteiger partial charge in [-0.2, -0.15) is 0 Å². The highest BCUT2D eigenvalue weighted by atomic mass is 16.6. The van der Waals surface area contributed by atoms with Crippen molar-refractivity contribution in [1.29, 1.82) is 0 Å². The molecule has 3 N–H and O–H groups in total. The Labute approximate surface area is 129 Å². The van der Waals surface area contributed by atoms with Gasteiger partial charge in [-0.25, -0.2) is 9.97 Å². The Morgan fingerprint density at radius 2 is 2.00 bits per heavy atom. The summed E-state index contributed by atoms with van der Waals surface area (Å²) in [6, 6.07) is 7.94. The van der Waals surface area contributed by atoms with Crippen LogP contribution in [0.15, 0.2) is 35.7 Å². The summed E-state index contributed by atoms with van der Waals surface area (Å²) in [5.41, 5.74) is 7.63. The van der Waals surface area contributed by atoms with E-state index in [0.29, 0.717) is 23.7 Å². The number of methoxy groups -OCH3 is 1. The van der Waals surface area contributed by atoms with Gasteiger partial charge < -0.3 is 20.6 Å². The summed E-state index contributed by atoms with van der Waals surface area (Å²) in [7, 11) is 3.12. The number of benzene rings is 1. The molecule has 0 saturated heterocycles. The van der Waals surface area contributed by atoms with Gasteiger partial charge in [0, 0.05) is 6.54 Å². The summed E-state index contributed by atoms with van der Waals surface area (Å²) in [4.78, 5) is 12.8. The third-order valence-corrected chi connectivity index (χ3v) is 3.07. The highest BCUT2D eigenvalue weighted by Crippen LogP contribution is 2.15. The number of nitrogens with one attached hydrogen (secondary N) is 1. The molecule has 0 aliphatic carbocycles. The molecule has 0 saturated carbocycles. The van der Waals surface area contributed by atoms with Gasteiger partial charge >= 0.3 is 0 Å². The first-order valence-corrected chi connectivity index (χ1v) is 6.78. The Bertz CT molecular complexity index is 628. The normalized spacial score (nSPS) is 10.6. The third kappa shape index (κ3) is 4.08. The number of rotatable bonds is 7. The SMILES string of the molecule is CON=Cc1c(N)ncnc1NCCc1ccc(OC)cc1. The lowest BCUT2D eigenvalue weighted by molar-refractivity contribution is 0.215. The molecule has 0 atom stereocenters. The van der Waals surface area contributed by atoms with Crippen LogP contribution < -0.4 is 15.8 Å². The van der Waals surface area contributed by atoms with E-state index in [4.69, 9.17) is 10.5 Å². The van der Waals surface area contributed by atoms with Gasteiger partial charge in [0.2, 0.25) is 0 Å². The number of hydrogen-bond acceptors (Lipinski definition) is 7. The molecule has 1 heterocycles. The lowest BCUT2D eigenvalue weighted by Gasteiger charge is -2.09. The van der Waals surface area contributed by atoms with Gasteiger partial charge in [0.05, 0.1) is 18.9 Å². The van der Waals surface area contributed by atoms with Crippen LogP contribution in [0.4, 0.5) is 11.6 Å². The summed E-state index contributed by atoms with van der Waals surface area (Å²) in [6.45, 7) is 0.705. The Hall–Kier alpha value is -2.83. The average molecular weight is 301 g/mol. The molecule has 1 aromatic heterocycles. The molecule has 7 nitrogen and oxygen atoms in total. The van der Waals surface area contributed by atoms with Crippen molar-refractivity contribution in [3.8, 4) is 5.75 Å². The van der Waals surface area contributed by atoms with Gasteiger partial charge in [-0.15, -0.1) is 0 Å². The maximum atomic E-state index is 5.83. The van der Waals surface area contributed by atoms with Gasteiger partial charge in [-0.3, -0.25) is 0 Å². The monoisotopic (exact) mass is 301 g/mol. The molecule has 1 aromatic carbocycles. The molecule has 7 heteroatoms. The van der Waals surface area contributed by atoms with E-state index in [1.807, 2.05) is 24.3 Å². The number of nitrogens with zero attached hydrogens (tertiary/aromatic N) is 3. The van der Waals surface area contributed by atoms with E-state index in [1.165, 1.54) is 25.2 Å². The summed E-state index contributed by atoms with van der Waals surface area (Å²) in [5.74, 6) is 1.82. The number of anilines is 2. The zero-order valence-corrected chi connectivity index (χ0v) is 12.6. The first-order valence-electron chi connectivity index (χ1n) is 6.78. The average Bonchev–Trinajstić information content (AvgIpc) is 2.55. The molecule has 0 spiro atoms. The topological polar surface area (TPSA) is 94.7 Å². The molecule has 2 aromatic rings. The predicted octanol–water partition coefficient (Wildman–Crippen LogP) is 1.70. The molecule has 0 bridgehead atoms. The second kappa shape index (κ2) is 7.82. The van der Waals surface area contributed by atoms with Gasteiger partial charge in [-0.05, 0) is 24.1 Å². The van der Waals surface area contributed by atoms with Crippen molar-refractivity contribution in [2.24, 2.45) is 5.16 Å². The lowest BCUT2D eigenvalue weighted by atomic mass is 10.1. The number of nitrogen functional groups attached to an aromatic ring is 1. The van der Waals surface area contributed by atoms with Crippen LogP contribution in [0.5, 0.6) is 5.75 Å². The van der Waals surface area contributed by atoms with Crippen molar-refractivity contribution >= 4 is 17.9 Å². The Kier molecular flexibility index (Phi) is 5.53. The van der Waals surface area contributed by atoms with Gasteiger partial charge in [-0.1, -0.05) is 17.3 Å². The second-order valence-electron chi connectivity index (χ2n) is 4.46. The third-order valence-electron chi connectivity index (χ3n) is 3.07. The lowest BCUT2D eigenvalue weighted by Crippen LogP contribution is -2.11. The van der Waals surface area contributed by atoms with Gasteiger partial charge in [0.15, 0.2) is 0 Å². The van der Waals surface area contributed by atoms with Crippen LogP contribution in [-0.4, -0.2) is 36.9 Å². The van der Waals surface area contributed by atoms with Crippen molar-refractivity contribution in [3.05, 3.63) is 41.7 Å². The molecule has 2 rings (SSSR count). The fraction of sp³-hybridized carbons (Fsp3) is 0.267. The van der Waals surface area contributed by atoms with E-state index in [-0.39, 0.29) is 0 Å². The number of aromatic nitrogens is 2. The molecule has 0 unspecified atom stereocenters. The van der Waals surface area contributed by atoms with Crippen LogP contribution in [0, 0.1) is 0 Å². The smallest absolute Gasteiger partial charge is 0.140 e. The van der Waals surface area contributed by atoms with Crippen LogP contribution in [0.25, 0.3) is 0 Å². The van der Waals surface area contributed by atoms with E-state index in [0.717, 1.165) is 12.2 Å². The number of oxime groups is 1. The fourth-order valence-corrected chi connectivity index (χ4v) is 1.90. The Balaban J connectivity index is 1.99. The van der Waals surface area contributed by atoms with Crippen molar-refractivity contribution < 1.29 is 9.57 Å². The van der Waals surface area contributed by atoms with Crippen molar-refractivity contribution in [3.63, 3.8) is 0 Å². The number of ether oxygens (including phenoxy) is 1. The molecule has 0 aliphatic heterocycles. The quantitative estimate of drug-likeness (QED) is 0.597. The summed E-state index contributed by atoms with van der Waals surface area (Å²) < 4.78 is 5.14.